The Hall–Kier alpha value is -1.15. The number of rotatable bonds is 10. The molecule has 0 aliphatic rings. The van der Waals surface area contributed by atoms with Crippen molar-refractivity contribution in [2.75, 3.05) is 0 Å². The lowest BCUT2D eigenvalue weighted by Gasteiger charge is -2.26. The van der Waals surface area contributed by atoms with E-state index in [0.717, 1.165) is 19.3 Å². The van der Waals surface area contributed by atoms with Gasteiger partial charge in [-0.1, -0.05) is 32.6 Å². The van der Waals surface area contributed by atoms with Gasteiger partial charge in [-0.05, 0) is 12.8 Å². The van der Waals surface area contributed by atoms with Gasteiger partial charge in [0.15, 0.2) is 4.75 Å². The number of nitrogens with two attached hydrogens (primary N) is 2. The van der Waals surface area contributed by atoms with Crippen molar-refractivity contribution in [3.05, 3.63) is 0 Å². The fraction of sp³-hybridized carbons (Fsp3) is 0.818. The van der Waals surface area contributed by atoms with Gasteiger partial charge in [-0.25, -0.2) is 0 Å². The Kier molecular flexibility index (Phi) is 6.99. The number of amides is 2. The molecule has 0 aromatic carbocycles. The third kappa shape index (κ3) is 5.15. The molecule has 112 valence electrons. The standard InChI is InChI=1S/C11H22N2O5S/c1-2-3-4-5-7-11(10(13)15,19(16,17)18)8-6-9(12)14/h2-8H2,1H3,(H2,12,14)(H2,13,15)(H,16,17,18). The lowest BCUT2D eigenvalue weighted by atomic mass is 9.94. The Balaban J connectivity index is 5.06. The molecule has 8 heteroatoms. The van der Waals surface area contributed by atoms with Crippen LogP contribution < -0.4 is 11.5 Å². The Morgan fingerprint density at radius 3 is 2.05 bits per heavy atom. The molecule has 0 aromatic rings. The SMILES string of the molecule is CCCCCCC(CCC(N)=O)(C(N)=O)S(=O)(=O)O. The summed E-state index contributed by atoms with van der Waals surface area (Å²) in [7, 11) is -4.69. The number of unbranched alkanes of at least 4 members (excludes halogenated alkanes) is 3. The first-order chi connectivity index (χ1) is 8.67. The van der Waals surface area contributed by atoms with Crippen molar-refractivity contribution in [3.63, 3.8) is 0 Å². The number of carbonyl (C=O) groups is 2. The zero-order chi connectivity index (χ0) is 15.1. The number of hydrogen-bond donors (Lipinski definition) is 3. The second-order valence-electron chi connectivity index (χ2n) is 4.61. The van der Waals surface area contributed by atoms with Gasteiger partial charge in [-0.15, -0.1) is 0 Å². The van der Waals surface area contributed by atoms with E-state index in [9.17, 15) is 22.6 Å². The van der Waals surface area contributed by atoms with Crippen LogP contribution in [0.15, 0.2) is 0 Å². The van der Waals surface area contributed by atoms with Crippen molar-refractivity contribution in [2.24, 2.45) is 11.5 Å². The molecule has 0 bridgehead atoms. The van der Waals surface area contributed by atoms with Crippen LogP contribution in [0.4, 0.5) is 0 Å². The summed E-state index contributed by atoms with van der Waals surface area (Å²) in [4.78, 5) is 22.2. The molecule has 5 N–H and O–H groups in total. The summed E-state index contributed by atoms with van der Waals surface area (Å²) >= 11 is 0. The molecule has 0 saturated carbocycles. The molecule has 0 heterocycles. The van der Waals surface area contributed by atoms with Gasteiger partial charge in [0, 0.05) is 6.42 Å². The summed E-state index contributed by atoms with van der Waals surface area (Å²) in [5, 5.41) is 0. The van der Waals surface area contributed by atoms with Gasteiger partial charge in [0.2, 0.25) is 11.8 Å². The van der Waals surface area contributed by atoms with Crippen LogP contribution in [0.3, 0.4) is 0 Å². The molecular formula is C11H22N2O5S. The molecule has 0 aliphatic heterocycles. The van der Waals surface area contributed by atoms with Crippen molar-refractivity contribution in [3.8, 4) is 0 Å². The van der Waals surface area contributed by atoms with Crippen molar-refractivity contribution in [1.29, 1.82) is 0 Å². The van der Waals surface area contributed by atoms with Crippen LogP contribution in [-0.4, -0.2) is 29.5 Å². The molecule has 0 saturated heterocycles. The first kappa shape index (κ1) is 17.8. The van der Waals surface area contributed by atoms with Crippen LogP contribution in [0.1, 0.15) is 51.9 Å². The van der Waals surface area contributed by atoms with E-state index in [1.807, 2.05) is 6.92 Å². The van der Waals surface area contributed by atoms with Crippen molar-refractivity contribution < 1.29 is 22.6 Å². The average Bonchev–Trinajstić information content (AvgIpc) is 2.25. The van der Waals surface area contributed by atoms with Crippen LogP contribution in [-0.2, 0) is 19.7 Å². The van der Waals surface area contributed by atoms with E-state index in [1.54, 1.807) is 0 Å². The summed E-state index contributed by atoms with van der Waals surface area (Å²) in [5.74, 6) is -1.89. The molecule has 1 unspecified atom stereocenters. The van der Waals surface area contributed by atoms with E-state index >= 15 is 0 Å². The fourth-order valence-electron chi connectivity index (χ4n) is 1.92. The maximum atomic E-state index is 11.5. The third-order valence-corrected chi connectivity index (χ3v) is 4.75. The molecule has 0 aliphatic carbocycles. The molecule has 0 radical (unpaired) electrons. The lowest BCUT2D eigenvalue weighted by Crippen LogP contribution is -2.50. The Bertz CT molecular complexity index is 421. The fourth-order valence-corrected chi connectivity index (χ4v) is 2.94. The minimum Gasteiger partial charge on any atom is -0.370 e. The zero-order valence-electron chi connectivity index (χ0n) is 11.1. The lowest BCUT2D eigenvalue weighted by molar-refractivity contribution is -0.121. The van der Waals surface area contributed by atoms with E-state index < -0.39 is 26.7 Å². The van der Waals surface area contributed by atoms with E-state index in [-0.39, 0.29) is 19.3 Å². The maximum absolute atomic E-state index is 11.5. The first-order valence-electron chi connectivity index (χ1n) is 6.22. The van der Waals surface area contributed by atoms with Crippen LogP contribution in [0, 0.1) is 0 Å². The van der Waals surface area contributed by atoms with Gasteiger partial charge in [0.05, 0.1) is 0 Å². The first-order valence-corrected chi connectivity index (χ1v) is 7.66. The predicted molar refractivity (Wildman–Crippen MR) is 70.7 cm³/mol. The van der Waals surface area contributed by atoms with Gasteiger partial charge in [0.1, 0.15) is 0 Å². The van der Waals surface area contributed by atoms with Gasteiger partial charge >= 0.3 is 0 Å². The number of primary amides is 2. The Morgan fingerprint density at radius 1 is 1.11 bits per heavy atom. The van der Waals surface area contributed by atoms with Crippen LogP contribution in [0.2, 0.25) is 0 Å². The normalized spacial score (nSPS) is 14.8. The molecule has 19 heavy (non-hydrogen) atoms. The highest BCUT2D eigenvalue weighted by molar-refractivity contribution is 7.88. The molecule has 0 rings (SSSR count). The minimum absolute atomic E-state index is 0.103. The highest BCUT2D eigenvalue weighted by atomic mass is 32.2. The summed E-state index contributed by atoms with van der Waals surface area (Å²) in [6, 6.07) is 0. The summed E-state index contributed by atoms with van der Waals surface area (Å²) in [5.41, 5.74) is 10.1. The largest absolute Gasteiger partial charge is 0.370 e. The Labute approximate surface area is 113 Å². The van der Waals surface area contributed by atoms with Gasteiger partial charge in [-0.2, -0.15) is 8.42 Å². The molecule has 0 spiro atoms. The van der Waals surface area contributed by atoms with Gasteiger partial charge in [0.25, 0.3) is 10.1 Å². The van der Waals surface area contributed by atoms with Crippen LogP contribution >= 0.6 is 0 Å². The molecule has 0 fully saturated rings. The predicted octanol–water partition coefficient (Wildman–Crippen LogP) is 0.334. The van der Waals surface area contributed by atoms with Gasteiger partial charge in [-0.3, -0.25) is 14.1 Å². The number of carbonyl (C=O) groups excluding carboxylic acids is 2. The average molecular weight is 294 g/mol. The highest BCUT2D eigenvalue weighted by Crippen LogP contribution is 2.29. The zero-order valence-corrected chi connectivity index (χ0v) is 11.9. The van der Waals surface area contributed by atoms with E-state index in [1.165, 1.54) is 0 Å². The molecule has 0 aromatic heterocycles. The highest BCUT2D eigenvalue weighted by Gasteiger charge is 2.48. The van der Waals surface area contributed by atoms with E-state index in [0.29, 0.717) is 6.42 Å². The molecular weight excluding hydrogens is 272 g/mol. The number of hydrogen-bond acceptors (Lipinski definition) is 4. The maximum Gasteiger partial charge on any atom is 0.279 e. The van der Waals surface area contributed by atoms with Gasteiger partial charge < -0.3 is 11.5 Å². The van der Waals surface area contributed by atoms with Crippen LogP contribution in [0.5, 0.6) is 0 Å². The summed E-state index contributed by atoms with van der Waals surface area (Å²) in [6.07, 6.45) is 2.16. The molecule has 7 nitrogen and oxygen atoms in total. The summed E-state index contributed by atoms with van der Waals surface area (Å²) < 4.78 is 30.1. The topological polar surface area (TPSA) is 141 Å². The quantitative estimate of drug-likeness (QED) is 0.393. The van der Waals surface area contributed by atoms with E-state index in [4.69, 9.17) is 11.5 Å². The molecule has 2 amide bonds. The van der Waals surface area contributed by atoms with Crippen molar-refractivity contribution in [1.82, 2.24) is 0 Å². The van der Waals surface area contributed by atoms with Crippen molar-refractivity contribution in [2.45, 2.75) is 56.6 Å². The monoisotopic (exact) mass is 294 g/mol. The summed E-state index contributed by atoms with van der Waals surface area (Å²) in [6.45, 7) is 1.98. The Morgan fingerprint density at radius 2 is 1.68 bits per heavy atom. The molecule has 1 atom stereocenters. The van der Waals surface area contributed by atoms with Crippen LogP contribution in [0.25, 0.3) is 0 Å². The van der Waals surface area contributed by atoms with Crippen molar-refractivity contribution >= 4 is 21.9 Å². The second kappa shape index (κ2) is 7.44. The third-order valence-electron chi connectivity index (χ3n) is 3.15. The minimum atomic E-state index is -4.69. The second-order valence-corrected chi connectivity index (χ2v) is 6.34. The van der Waals surface area contributed by atoms with E-state index in [2.05, 4.69) is 0 Å². The smallest absolute Gasteiger partial charge is 0.279 e.